The van der Waals surface area contributed by atoms with Crippen LogP contribution in [0.3, 0.4) is 0 Å². The second kappa shape index (κ2) is 19.2. The molecule has 2 aromatic carbocycles. The number of carbonyl (C=O) groups is 4. The Morgan fingerprint density at radius 2 is 0.986 bits per heavy atom. The topological polar surface area (TPSA) is 164 Å². The molecule has 14 rings (SSSR count). The molecule has 0 aromatic heterocycles. The number of piperidine rings is 2. The fraction of sp³-hybridized carbons (Fsp3) is 0.714. The highest BCUT2D eigenvalue weighted by molar-refractivity contribution is 5.88. The van der Waals surface area contributed by atoms with Gasteiger partial charge in [-0.1, -0.05) is 13.8 Å². The van der Waals surface area contributed by atoms with Crippen LogP contribution in [0.4, 0.5) is 41.1 Å². The van der Waals surface area contributed by atoms with Gasteiger partial charge in [-0.25, -0.2) is 18.4 Å². The van der Waals surface area contributed by atoms with Crippen LogP contribution in [-0.4, -0.2) is 120 Å². The van der Waals surface area contributed by atoms with E-state index in [0.717, 1.165) is 129 Å². The van der Waals surface area contributed by atoms with Gasteiger partial charge in [0, 0.05) is 61.7 Å². The van der Waals surface area contributed by atoms with Crippen LogP contribution in [-0.2, 0) is 19.1 Å². The third-order valence-corrected chi connectivity index (χ3v) is 19.7. The first kappa shape index (κ1) is 49.5. The molecular weight excluding hydrogens is 923 g/mol. The number of halogens is 2. The number of ether oxygens (including phenoxy) is 2. The maximum absolute atomic E-state index is 15.2. The van der Waals surface area contributed by atoms with E-state index in [9.17, 15) is 29.4 Å². The van der Waals surface area contributed by atoms with Crippen molar-refractivity contribution in [1.29, 1.82) is 0 Å². The van der Waals surface area contributed by atoms with Crippen molar-refractivity contribution in [3.63, 3.8) is 0 Å². The van der Waals surface area contributed by atoms with E-state index in [0.29, 0.717) is 97.6 Å². The van der Waals surface area contributed by atoms with Crippen molar-refractivity contribution in [2.24, 2.45) is 46.3 Å². The number of hydrogen-bond donors (Lipinski definition) is 4. The molecule has 8 bridgehead atoms. The van der Waals surface area contributed by atoms with Crippen LogP contribution in [0.1, 0.15) is 129 Å². The standard InChI is InChI=1S/2C28H38FN3O4/c2*1-2-10-36-26(35)30-21-4-5-23(22(29)13-21)31-8-3-6-27(17-31)7-9-32(25(27)34)28-14-18-11-19(15-28)24(33)20(12-18)16-28/h2*4-5,13,18-20,24,33H,2-3,6-12,14-17H2,1H3,(H,30,35). The number of nitrogens with one attached hydrogen (secondary N) is 2. The van der Waals surface area contributed by atoms with Crippen molar-refractivity contribution in [1.82, 2.24) is 9.80 Å². The van der Waals surface area contributed by atoms with Crippen molar-refractivity contribution in [2.45, 2.75) is 153 Å². The first-order valence-corrected chi connectivity index (χ1v) is 27.6. The van der Waals surface area contributed by atoms with Gasteiger partial charge in [-0.05, 0) is 187 Å². The van der Waals surface area contributed by atoms with Gasteiger partial charge in [-0.3, -0.25) is 20.2 Å². The molecule has 16 heteroatoms. The number of nitrogens with zero attached hydrogens (tertiary/aromatic N) is 4. The number of aliphatic hydroxyl groups excluding tert-OH is 2. The molecular formula is C56H76F2N6O8. The normalized spacial score (nSPS) is 37.1. The summed E-state index contributed by atoms with van der Waals surface area (Å²) in [5.74, 6) is 2.32. The number of hydrogen-bond acceptors (Lipinski definition) is 10. The average molecular weight is 999 g/mol. The maximum atomic E-state index is 15.2. The summed E-state index contributed by atoms with van der Waals surface area (Å²) in [6, 6.07) is 9.43. The highest BCUT2D eigenvalue weighted by Crippen LogP contribution is 2.61. The van der Waals surface area contributed by atoms with E-state index in [-0.39, 0.29) is 35.1 Å². The minimum Gasteiger partial charge on any atom is -0.449 e. The van der Waals surface area contributed by atoms with Gasteiger partial charge >= 0.3 is 12.2 Å². The van der Waals surface area contributed by atoms with Crippen LogP contribution in [0.25, 0.3) is 0 Å². The van der Waals surface area contributed by atoms with Crippen LogP contribution >= 0.6 is 0 Å². The smallest absolute Gasteiger partial charge is 0.411 e. The van der Waals surface area contributed by atoms with Crippen molar-refractivity contribution < 1.29 is 47.6 Å². The number of anilines is 4. The Bertz CT molecular complexity index is 2230. The van der Waals surface area contributed by atoms with Crippen molar-refractivity contribution >= 4 is 46.8 Å². The van der Waals surface area contributed by atoms with E-state index in [1.165, 1.54) is 12.1 Å². The highest BCUT2D eigenvalue weighted by Gasteiger charge is 2.64. The Kier molecular flexibility index (Phi) is 13.2. The molecule has 72 heavy (non-hydrogen) atoms. The predicted molar refractivity (Wildman–Crippen MR) is 268 cm³/mol. The second-order valence-corrected chi connectivity index (χ2v) is 24.2. The van der Waals surface area contributed by atoms with Gasteiger partial charge in [0.05, 0.1) is 47.6 Å². The minimum atomic E-state index is -0.588. The summed E-state index contributed by atoms with van der Waals surface area (Å²) in [7, 11) is 0. The zero-order valence-electron chi connectivity index (χ0n) is 42.4. The monoisotopic (exact) mass is 999 g/mol. The van der Waals surface area contributed by atoms with E-state index in [1.807, 2.05) is 23.6 Å². The zero-order chi connectivity index (χ0) is 50.2. The van der Waals surface area contributed by atoms with E-state index >= 15 is 8.78 Å². The summed E-state index contributed by atoms with van der Waals surface area (Å²) in [6.07, 6.45) is 15.3. The van der Waals surface area contributed by atoms with Crippen LogP contribution in [0.2, 0.25) is 0 Å². The largest absolute Gasteiger partial charge is 0.449 e. The molecule has 2 aromatic rings. The van der Waals surface area contributed by atoms with Gasteiger partial charge in [-0.15, -0.1) is 0 Å². The lowest BCUT2D eigenvalue weighted by Crippen LogP contribution is -2.65. The number of carbonyl (C=O) groups excluding carboxylic acids is 4. The first-order valence-electron chi connectivity index (χ1n) is 27.6. The quantitative estimate of drug-likeness (QED) is 0.181. The molecule has 0 radical (unpaired) electrons. The minimum absolute atomic E-state index is 0.0798. The van der Waals surface area contributed by atoms with E-state index < -0.39 is 34.7 Å². The molecule has 4 heterocycles. The van der Waals surface area contributed by atoms with Crippen molar-refractivity contribution in [3.05, 3.63) is 48.0 Å². The van der Waals surface area contributed by atoms with Gasteiger partial charge in [0.2, 0.25) is 11.8 Å². The lowest BCUT2D eigenvalue weighted by atomic mass is 9.51. The third-order valence-electron chi connectivity index (χ3n) is 19.7. The third kappa shape index (κ3) is 8.79. The lowest BCUT2D eigenvalue weighted by Gasteiger charge is -2.61. The molecule has 12 fully saturated rings. The average Bonchev–Trinajstić information content (AvgIpc) is 3.84. The zero-order valence-corrected chi connectivity index (χ0v) is 42.4. The Morgan fingerprint density at radius 1 is 0.597 bits per heavy atom. The molecule has 8 saturated carbocycles. The lowest BCUT2D eigenvalue weighted by molar-refractivity contribution is -0.168. The molecule has 392 valence electrons. The number of rotatable bonds is 10. The fourth-order valence-electron chi connectivity index (χ4n) is 16.9. The van der Waals surface area contributed by atoms with E-state index in [2.05, 4.69) is 20.4 Å². The highest BCUT2D eigenvalue weighted by atomic mass is 19.1. The van der Waals surface area contributed by atoms with E-state index in [4.69, 9.17) is 9.47 Å². The van der Waals surface area contributed by atoms with Gasteiger partial charge in [-0.2, -0.15) is 0 Å². The summed E-state index contributed by atoms with van der Waals surface area (Å²) in [4.78, 5) is 60.3. The summed E-state index contributed by atoms with van der Waals surface area (Å²) in [6.45, 7) is 8.49. The summed E-state index contributed by atoms with van der Waals surface area (Å²) in [5, 5.41) is 26.6. The summed E-state index contributed by atoms with van der Waals surface area (Å²) >= 11 is 0. The Labute approximate surface area is 422 Å². The van der Waals surface area contributed by atoms with Gasteiger partial charge in [0.25, 0.3) is 0 Å². The molecule has 8 aliphatic carbocycles. The Hall–Kier alpha value is -4.70. The first-order chi connectivity index (χ1) is 34.6. The molecule has 12 aliphatic rings. The molecule has 2 spiro atoms. The van der Waals surface area contributed by atoms with Crippen LogP contribution in [0.15, 0.2) is 36.4 Å². The molecule has 4 aliphatic heterocycles. The molecule has 6 atom stereocenters. The molecule has 4 saturated heterocycles. The van der Waals surface area contributed by atoms with Gasteiger partial charge in [0.15, 0.2) is 0 Å². The molecule has 6 unspecified atom stereocenters. The van der Waals surface area contributed by atoms with E-state index in [1.54, 1.807) is 24.3 Å². The molecule has 4 N–H and O–H groups in total. The van der Waals surface area contributed by atoms with Crippen molar-refractivity contribution in [2.75, 3.05) is 72.9 Å². The number of likely N-dealkylation sites (tertiary alicyclic amines) is 2. The number of amides is 4. The number of aliphatic hydroxyl groups is 2. The molecule has 14 nitrogen and oxygen atoms in total. The van der Waals surface area contributed by atoms with Gasteiger partial charge < -0.3 is 39.3 Å². The number of benzene rings is 2. The second-order valence-electron chi connectivity index (χ2n) is 24.2. The fourth-order valence-corrected chi connectivity index (χ4v) is 16.9. The van der Waals surface area contributed by atoms with Crippen LogP contribution in [0.5, 0.6) is 0 Å². The van der Waals surface area contributed by atoms with Crippen molar-refractivity contribution in [3.8, 4) is 0 Å². The predicted octanol–water partition coefficient (Wildman–Crippen LogP) is 9.09. The Morgan fingerprint density at radius 3 is 1.35 bits per heavy atom. The summed E-state index contributed by atoms with van der Waals surface area (Å²) in [5.41, 5.74) is 0.581. The van der Waals surface area contributed by atoms with Crippen LogP contribution in [0, 0.1) is 58.0 Å². The van der Waals surface area contributed by atoms with Crippen LogP contribution < -0.4 is 20.4 Å². The summed E-state index contributed by atoms with van der Waals surface area (Å²) < 4.78 is 40.4. The van der Waals surface area contributed by atoms with Gasteiger partial charge in [0.1, 0.15) is 11.6 Å². The molecule has 4 amide bonds. The Balaban J connectivity index is 0.000000156. The maximum Gasteiger partial charge on any atom is 0.411 e. The SMILES string of the molecule is CCCOC(=O)Nc1ccc(N2CCCC3(CCN(C45CC6CC(C4)C(O)C(C6)C5)C3=O)C2)c(F)c1.CCCOC(=O)Nc1ccc(N2CCCC3(CCN(C45CC6CC(C4)C(O)C(C6)C5)C3=O)C2)c(F)c1.